The van der Waals surface area contributed by atoms with Crippen molar-refractivity contribution in [2.24, 2.45) is 0 Å². The van der Waals surface area contributed by atoms with Crippen LogP contribution < -0.4 is 5.73 Å². The summed E-state index contributed by atoms with van der Waals surface area (Å²) in [6, 6.07) is 5.36. The number of rotatable bonds is 2. The number of nitrogen functional groups attached to an aromatic ring is 1. The summed E-state index contributed by atoms with van der Waals surface area (Å²) in [5.41, 5.74) is 7.98. The first-order valence-electron chi connectivity index (χ1n) is 5.72. The Morgan fingerprint density at radius 3 is 2.79 bits per heavy atom. The normalized spacial score (nSPS) is 11.3. The Morgan fingerprint density at radius 2 is 2.11 bits per heavy atom. The third kappa shape index (κ3) is 2.20. The average molecular weight is 313 g/mol. The van der Waals surface area contributed by atoms with Crippen molar-refractivity contribution in [2.75, 3.05) is 5.73 Å². The molecule has 0 radical (unpaired) electrons. The Hall–Kier alpha value is -1.23. The molecule has 0 spiro atoms. The van der Waals surface area contributed by atoms with E-state index in [2.05, 4.69) is 11.9 Å². The van der Waals surface area contributed by atoms with Crippen LogP contribution in [0.2, 0.25) is 10.0 Å². The van der Waals surface area contributed by atoms with Crippen LogP contribution in [0.3, 0.4) is 0 Å². The number of aryl methyl sites for hydroxylation is 1. The number of oxazole rings is 1. The minimum absolute atomic E-state index is 0.450. The number of nitrogens with two attached hydrogens (primary N) is 1. The van der Waals surface area contributed by atoms with E-state index in [9.17, 15) is 0 Å². The highest BCUT2D eigenvalue weighted by atomic mass is 35.5. The van der Waals surface area contributed by atoms with Crippen molar-refractivity contribution in [2.45, 2.75) is 13.3 Å². The Morgan fingerprint density at radius 1 is 1.32 bits per heavy atom. The van der Waals surface area contributed by atoms with Crippen LogP contribution in [0, 0.1) is 0 Å². The standard InChI is InChI=1S/C13H10Cl2N2OS/c1-2-7-5-8(12(16)19-7)13-17-10-4-6(14)3-9(15)11(10)18-13/h3-5H,2,16H2,1H3. The van der Waals surface area contributed by atoms with Gasteiger partial charge in [0.1, 0.15) is 5.52 Å². The smallest absolute Gasteiger partial charge is 0.230 e. The monoisotopic (exact) mass is 312 g/mol. The topological polar surface area (TPSA) is 52.0 Å². The highest BCUT2D eigenvalue weighted by Crippen LogP contribution is 2.37. The van der Waals surface area contributed by atoms with E-state index in [4.69, 9.17) is 33.4 Å². The van der Waals surface area contributed by atoms with Crippen LogP contribution >= 0.6 is 34.5 Å². The molecule has 0 atom stereocenters. The van der Waals surface area contributed by atoms with Crippen LogP contribution in [0.1, 0.15) is 11.8 Å². The Balaban J connectivity index is 2.20. The van der Waals surface area contributed by atoms with Gasteiger partial charge in [-0.05, 0) is 24.6 Å². The lowest BCUT2D eigenvalue weighted by atomic mass is 10.2. The zero-order chi connectivity index (χ0) is 13.6. The summed E-state index contributed by atoms with van der Waals surface area (Å²) in [5.74, 6) is 0.479. The molecule has 0 aliphatic carbocycles. The molecule has 0 saturated carbocycles. The van der Waals surface area contributed by atoms with Crippen molar-refractivity contribution in [3.63, 3.8) is 0 Å². The molecule has 6 heteroatoms. The second kappa shape index (κ2) is 4.71. The van der Waals surface area contributed by atoms with Gasteiger partial charge in [-0.25, -0.2) is 4.98 Å². The highest BCUT2D eigenvalue weighted by molar-refractivity contribution is 7.16. The maximum atomic E-state index is 6.09. The van der Waals surface area contributed by atoms with Gasteiger partial charge in [-0.3, -0.25) is 0 Å². The summed E-state index contributed by atoms with van der Waals surface area (Å²) in [7, 11) is 0. The van der Waals surface area contributed by atoms with Crippen LogP contribution in [0.5, 0.6) is 0 Å². The Bertz CT molecular complexity index is 763. The molecule has 2 heterocycles. The van der Waals surface area contributed by atoms with Gasteiger partial charge in [-0.15, -0.1) is 11.3 Å². The predicted octanol–water partition coefficient (Wildman–Crippen LogP) is 5.01. The van der Waals surface area contributed by atoms with Crippen molar-refractivity contribution >= 4 is 50.6 Å². The van der Waals surface area contributed by atoms with E-state index in [1.54, 1.807) is 23.5 Å². The van der Waals surface area contributed by atoms with Crippen molar-refractivity contribution in [1.82, 2.24) is 4.98 Å². The van der Waals surface area contributed by atoms with Gasteiger partial charge < -0.3 is 10.2 Å². The lowest BCUT2D eigenvalue weighted by Gasteiger charge is -1.92. The van der Waals surface area contributed by atoms with Crippen LogP contribution in [-0.4, -0.2) is 4.98 Å². The molecule has 3 aromatic rings. The maximum Gasteiger partial charge on any atom is 0.230 e. The van der Waals surface area contributed by atoms with Gasteiger partial charge in [0.05, 0.1) is 15.6 Å². The number of anilines is 1. The van der Waals surface area contributed by atoms with Crippen LogP contribution in [0.25, 0.3) is 22.6 Å². The van der Waals surface area contributed by atoms with Gasteiger partial charge in [0.15, 0.2) is 5.58 Å². The number of aromatic nitrogens is 1. The molecule has 3 rings (SSSR count). The van der Waals surface area contributed by atoms with Crippen molar-refractivity contribution < 1.29 is 4.42 Å². The molecule has 0 saturated heterocycles. The predicted molar refractivity (Wildman–Crippen MR) is 81.1 cm³/mol. The fourth-order valence-corrected chi connectivity index (χ4v) is 3.26. The van der Waals surface area contributed by atoms with Crippen LogP contribution in [0.4, 0.5) is 5.00 Å². The fourth-order valence-electron chi connectivity index (χ4n) is 1.87. The van der Waals surface area contributed by atoms with Gasteiger partial charge in [0, 0.05) is 9.90 Å². The first kappa shape index (κ1) is 12.8. The van der Waals surface area contributed by atoms with Gasteiger partial charge in [0.25, 0.3) is 0 Å². The maximum absolute atomic E-state index is 6.09. The molecule has 0 fully saturated rings. The van der Waals surface area contributed by atoms with E-state index in [1.807, 2.05) is 6.07 Å². The number of benzene rings is 1. The fraction of sp³-hybridized carbons (Fsp3) is 0.154. The Labute approximate surface area is 124 Å². The SMILES string of the molecule is CCc1cc(-c2nc3cc(Cl)cc(Cl)c3o2)c(N)s1. The number of hydrogen-bond acceptors (Lipinski definition) is 4. The first-order chi connectivity index (χ1) is 9.08. The third-order valence-corrected chi connectivity index (χ3v) is 4.41. The minimum atomic E-state index is 0.450. The number of thiophene rings is 1. The number of fused-ring (bicyclic) bond motifs is 1. The molecule has 0 bridgehead atoms. The average Bonchev–Trinajstić information content (AvgIpc) is 2.92. The van der Waals surface area contributed by atoms with E-state index in [0.717, 1.165) is 12.0 Å². The number of nitrogens with zero attached hydrogens (tertiary/aromatic N) is 1. The molecule has 0 aliphatic heterocycles. The number of halogens is 2. The van der Waals surface area contributed by atoms with Crippen molar-refractivity contribution in [1.29, 1.82) is 0 Å². The molecule has 98 valence electrons. The highest BCUT2D eigenvalue weighted by Gasteiger charge is 2.16. The van der Waals surface area contributed by atoms with E-state index in [0.29, 0.717) is 32.0 Å². The summed E-state index contributed by atoms with van der Waals surface area (Å²) in [6.45, 7) is 2.08. The largest absolute Gasteiger partial charge is 0.434 e. The lowest BCUT2D eigenvalue weighted by Crippen LogP contribution is -1.82. The van der Waals surface area contributed by atoms with Gasteiger partial charge in [-0.2, -0.15) is 0 Å². The molecule has 0 unspecified atom stereocenters. The second-order valence-electron chi connectivity index (χ2n) is 4.10. The van der Waals surface area contributed by atoms with Crippen LogP contribution in [-0.2, 0) is 6.42 Å². The molecule has 0 amide bonds. The second-order valence-corrected chi connectivity index (χ2v) is 6.11. The van der Waals surface area contributed by atoms with Crippen LogP contribution in [0.15, 0.2) is 22.6 Å². The van der Waals surface area contributed by atoms with E-state index in [-0.39, 0.29) is 0 Å². The zero-order valence-electron chi connectivity index (χ0n) is 10.0. The summed E-state index contributed by atoms with van der Waals surface area (Å²) < 4.78 is 5.70. The summed E-state index contributed by atoms with van der Waals surface area (Å²) >= 11 is 13.6. The molecule has 1 aromatic carbocycles. The first-order valence-corrected chi connectivity index (χ1v) is 7.30. The molecule has 3 nitrogen and oxygen atoms in total. The van der Waals surface area contributed by atoms with Gasteiger partial charge in [-0.1, -0.05) is 30.1 Å². The van der Waals surface area contributed by atoms with E-state index >= 15 is 0 Å². The molecular weight excluding hydrogens is 303 g/mol. The minimum Gasteiger partial charge on any atom is -0.434 e. The molecular formula is C13H10Cl2N2OS. The zero-order valence-corrected chi connectivity index (χ0v) is 12.4. The molecule has 19 heavy (non-hydrogen) atoms. The third-order valence-electron chi connectivity index (χ3n) is 2.80. The summed E-state index contributed by atoms with van der Waals surface area (Å²) in [5, 5.41) is 1.68. The molecule has 2 aromatic heterocycles. The Kier molecular flexibility index (Phi) is 3.17. The van der Waals surface area contributed by atoms with Crippen molar-refractivity contribution in [3.8, 4) is 11.5 Å². The van der Waals surface area contributed by atoms with E-state index in [1.165, 1.54) is 4.88 Å². The lowest BCUT2D eigenvalue weighted by molar-refractivity contribution is 0.620. The molecule has 2 N–H and O–H groups in total. The van der Waals surface area contributed by atoms with E-state index < -0.39 is 0 Å². The van der Waals surface area contributed by atoms with Gasteiger partial charge >= 0.3 is 0 Å². The van der Waals surface area contributed by atoms with Crippen molar-refractivity contribution in [3.05, 3.63) is 33.1 Å². The summed E-state index contributed by atoms with van der Waals surface area (Å²) in [4.78, 5) is 5.60. The van der Waals surface area contributed by atoms with Gasteiger partial charge in [0.2, 0.25) is 5.89 Å². The quantitative estimate of drug-likeness (QED) is 0.723. The summed E-state index contributed by atoms with van der Waals surface area (Å²) in [6.07, 6.45) is 0.932. The molecule has 0 aliphatic rings. The number of hydrogen-bond donors (Lipinski definition) is 1.